The molecule has 24 heavy (non-hydrogen) atoms. The van der Waals surface area contributed by atoms with Crippen molar-refractivity contribution < 1.29 is 0 Å². The fraction of sp³-hybridized carbons (Fsp3) is 0.300. The van der Waals surface area contributed by atoms with E-state index in [9.17, 15) is 0 Å². The van der Waals surface area contributed by atoms with Crippen molar-refractivity contribution in [2.45, 2.75) is 39.8 Å². The number of aryl methyl sites for hydroxylation is 2. The van der Waals surface area contributed by atoms with Gasteiger partial charge in [-0.25, -0.2) is 9.97 Å². The molecule has 0 atom stereocenters. The number of nitrogens with zero attached hydrogens (tertiary/aromatic N) is 4. The average molecular weight is 318 g/mol. The third kappa shape index (κ3) is 2.30. The van der Waals surface area contributed by atoms with Gasteiger partial charge in [-0.1, -0.05) is 38.1 Å². The first kappa shape index (κ1) is 14.9. The standard InChI is InChI=1S/C20H22N4/c1-3-13-23-17-11-7-5-9-15(17)21-19(23)20-22-16-10-6-8-12-18(16)24(20)14-4-2/h5-12H,3-4,13-14H2,1-2H3. The number of fused-ring (bicyclic) bond motifs is 2. The molecule has 0 amide bonds. The molecule has 2 aromatic heterocycles. The zero-order valence-electron chi connectivity index (χ0n) is 14.2. The van der Waals surface area contributed by atoms with Crippen LogP contribution in [-0.4, -0.2) is 19.1 Å². The van der Waals surface area contributed by atoms with E-state index in [0.29, 0.717) is 0 Å². The first-order valence-electron chi connectivity index (χ1n) is 8.74. The maximum atomic E-state index is 4.92. The zero-order chi connectivity index (χ0) is 16.5. The normalized spacial score (nSPS) is 11.6. The summed E-state index contributed by atoms with van der Waals surface area (Å²) < 4.78 is 4.62. The number of rotatable bonds is 5. The molecule has 122 valence electrons. The molecule has 0 bridgehead atoms. The molecule has 0 saturated heterocycles. The quantitative estimate of drug-likeness (QED) is 0.526. The van der Waals surface area contributed by atoms with Crippen molar-refractivity contribution in [2.24, 2.45) is 0 Å². The van der Waals surface area contributed by atoms with Gasteiger partial charge in [0.15, 0.2) is 11.6 Å². The molecular weight excluding hydrogens is 296 g/mol. The van der Waals surface area contributed by atoms with Crippen LogP contribution in [0.1, 0.15) is 26.7 Å². The summed E-state index contributed by atoms with van der Waals surface area (Å²) in [6.45, 7) is 6.30. The Morgan fingerprint density at radius 3 is 1.50 bits per heavy atom. The lowest BCUT2D eigenvalue weighted by Crippen LogP contribution is -2.06. The van der Waals surface area contributed by atoms with E-state index in [1.165, 1.54) is 11.0 Å². The highest BCUT2D eigenvalue weighted by molar-refractivity contribution is 5.83. The fourth-order valence-electron chi connectivity index (χ4n) is 3.39. The van der Waals surface area contributed by atoms with Crippen LogP contribution in [-0.2, 0) is 13.1 Å². The molecule has 2 heterocycles. The van der Waals surface area contributed by atoms with Crippen molar-refractivity contribution in [2.75, 3.05) is 0 Å². The van der Waals surface area contributed by atoms with Crippen LogP contribution in [0.5, 0.6) is 0 Å². The van der Waals surface area contributed by atoms with Crippen LogP contribution in [0.25, 0.3) is 33.7 Å². The van der Waals surface area contributed by atoms with Crippen molar-refractivity contribution in [3.63, 3.8) is 0 Å². The van der Waals surface area contributed by atoms with Gasteiger partial charge >= 0.3 is 0 Å². The topological polar surface area (TPSA) is 35.6 Å². The summed E-state index contributed by atoms with van der Waals surface area (Å²) in [5, 5.41) is 0. The van der Waals surface area contributed by atoms with E-state index < -0.39 is 0 Å². The SMILES string of the molecule is CCCn1c(-c2nc3ccccc3n2CCC)nc2ccccc21. The highest BCUT2D eigenvalue weighted by Gasteiger charge is 2.18. The molecule has 0 spiro atoms. The molecule has 0 radical (unpaired) electrons. The van der Waals surface area contributed by atoms with Gasteiger partial charge in [0.1, 0.15) is 0 Å². The number of imidazole rings is 2. The van der Waals surface area contributed by atoms with Crippen molar-refractivity contribution in [3.05, 3.63) is 48.5 Å². The second kappa shape index (κ2) is 6.11. The van der Waals surface area contributed by atoms with Gasteiger partial charge < -0.3 is 9.13 Å². The lowest BCUT2D eigenvalue weighted by atomic mass is 10.3. The Bertz CT molecular complexity index is 911. The van der Waals surface area contributed by atoms with Crippen LogP contribution in [0, 0.1) is 0 Å². The van der Waals surface area contributed by atoms with E-state index in [0.717, 1.165) is 48.6 Å². The van der Waals surface area contributed by atoms with Gasteiger partial charge in [-0.2, -0.15) is 0 Å². The van der Waals surface area contributed by atoms with Crippen LogP contribution in [0.15, 0.2) is 48.5 Å². The van der Waals surface area contributed by atoms with E-state index >= 15 is 0 Å². The summed E-state index contributed by atoms with van der Waals surface area (Å²) >= 11 is 0. The minimum atomic E-state index is 0.950. The molecule has 0 aliphatic heterocycles. The third-order valence-corrected chi connectivity index (χ3v) is 4.40. The molecule has 0 unspecified atom stereocenters. The number of hydrogen-bond donors (Lipinski definition) is 0. The Kier molecular flexibility index (Phi) is 3.81. The van der Waals surface area contributed by atoms with Gasteiger partial charge in [-0.15, -0.1) is 0 Å². The number of benzene rings is 2. The van der Waals surface area contributed by atoms with Crippen molar-refractivity contribution in [3.8, 4) is 11.6 Å². The van der Waals surface area contributed by atoms with Gasteiger partial charge in [-0.05, 0) is 37.1 Å². The molecule has 4 rings (SSSR count). The number of hydrogen-bond acceptors (Lipinski definition) is 2. The monoisotopic (exact) mass is 318 g/mol. The summed E-state index contributed by atoms with van der Waals surface area (Å²) in [7, 11) is 0. The van der Waals surface area contributed by atoms with E-state index in [2.05, 4.69) is 59.4 Å². The van der Waals surface area contributed by atoms with Gasteiger partial charge in [0, 0.05) is 13.1 Å². The predicted octanol–water partition coefficient (Wildman–Crippen LogP) is 4.87. The highest BCUT2D eigenvalue weighted by atomic mass is 15.2. The highest BCUT2D eigenvalue weighted by Crippen LogP contribution is 2.28. The first-order chi connectivity index (χ1) is 11.8. The lowest BCUT2D eigenvalue weighted by molar-refractivity contribution is 0.673. The van der Waals surface area contributed by atoms with E-state index in [1.54, 1.807) is 0 Å². The molecule has 2 aromatic carbocycles. The number of para-hydroxylation sites is 4. The Hall–Kier alpha value is -2.62. The molecule has 4 aromatic rings. The third-order valence-electron chi connectivity index (χ3n) is 4.40. The summed E-state index contributed by atoms with van der Waals surface area (Å²) in [4.78, 5) is 9.84. The molecule has 0 fully saturated rings. The molecule has 4 nitrogen and oxygen atoms in total. The average Bonchev–Trinajstić information content (AvgIpc) is 3.15. The maximum absolute atomic E-state index is 4.92. The summed E-state index contributed by atoms with van der Waals surface area (Å²) in [5.41, 5.74) is 4.45. The van der Waals surface area contributed by atoms with Gasteiger partial charge in [-0.3, -0.25) is 0 Å². The van der Waals surface area contributed by atoms with Gasteiger partial charge in [0.05, 0.1) is 22.1 Å². The molecule has 0 saturated carbocycles. The van der Waals surface area contributed by atoms with E-state index in [1.807, 2.05) is 12.1 Å². The van der Waals surface area contributed by atoms with Crippen LogP contribution in [0.3, 0.4) is 0 Å². The predicted molar refractivity (Wildman–Crippen MR) is 99.0 cm³/mol. The van der Waals surface area contributed by atoms with Crippen molar-refractivity contribution in [1.29, 1.82) is 0 Å². The summed E-state index contributed by atoms with van der Waals surface area (Å²) in [6, 6.07) is 16.7. The minimum Gasteiger partial charge on any atom is -0.321 e. The molecule has 4 heteroatoms. The van der Waals surface area contributed by atoms with Crippen LogP contribution in [0.4, 0.5) is 0 Å². The Morgan fingerprint density at radius 1 is 0.667 bits per heavy atom. The summed E-state index contributed by atoms with van der Waals surface area (Å²) in [5.74, 6) is 1.95. The molecule has 0 aliphatic rings. The Labute approximate surface area is 141 Å². The van der Waals surface area contributed by atoms with E-state index in [4.69, 9.17) is 9.97 Å². The Morgan fingerprint density at radius 2 is 1.08 bits per heavy atom. The van der Waals surface area contributed by atoms with Crippen molar-refractivity contribution in [1.82, 2.24) is 19.1 Å². The first-order valence-corrected chi connectivity index (χ1v) is 8.74. The van der Waals surface area contributed by atoms with Gasteiger partial charge in [0.2, 0.25) is 0 Å². The molecule has 0 aliphatic carbocycles. The maximum Gasteiger partial charge on any atom is 0.177 e. The Balaban J connectivity index is 2.02. The smallest absolute Gasteiger partial charge is 0.177 e. The largest absolute Gasteiger partial charge is 0.321 e. The fourth-order valence-corrected chi connectivity index (χ4v) is 3.39. The van der Waals surface area contributed by atoms with E-state index in [-0.39, 0.29) is 0 Å². The zero-order valence-corrected chi connectivity index (χ0v) is 14.2. The second-order valence-electron chi connectivity index (χ2n) is 6.15. The van der Waals surface area contributed by atoms with Crippen LogP contribution in [0.2, 0.25) is 0 Å². The molecule has 0 N–H and O–H groups in total. The molecular formula is C20H22N4. The minimum absolute atomic E-state index is 0.950. The number of aromatic nitrogens is 4. The van der Waals surface area contributed by atoms with Crippen LogP contribution < -0.4 is 0 Å². The van der Waals surface area contributed by atoms with Crippen LogP contribution >= 0.6 is 0 Å². The summed E-state index contributed by atoms with van der Waals surface area (Å²) in [6.07, 6.45) is 2.14. The van der Waals surface area contributed by atoms with Crippen molar-refractivity contribution >= 4 is 22.1 Å². The lowest BCUT2D eigenvalue weighted by Gasteiger charge is -2.10. The second-order valence-corrected chi connectivity index (χ2v) is 6.15. The van der Waals surface area contributed by atoms with Gasteiger partial charge in [0.25, 0.3) is 0 Å².